The van der Waals surface area contributed by atoms with E-state index in [4.69, 9.17) is 10.8 Å². The summed E-state index contributed by atoms with van der Waals surface area (Å²) in [7, 11) is 0. The second-order valence-corrected chi connectivity index (χ2v) is 14.6. The topological polar surface area (TPSA) is 205 Å². The van der Waals surface area contributed by atoms with Gasteiger partial charge in [0.25, 0.3) is 0 Å². The van der Waals surface area contributed by atoms with Gasteiger partial charge in [0.15, 0.2) is 5.82 Å². The van der Waals surface area contributed by atoms with E-state index in [1.54, 1.807) is 67.1 Å². The third kappa shape index (κ3) is 12.2. The maximum Gasteiger partial charge on any atom is 0.573 e. The number of aliphatic carboxylic acids is 1. The van der Waals surface area contributed by atoms with Crippen molar-refractivity contribution in [3.05, 3.63) is 121 Å². The fourth-order valence-corrected chi connectivity index (χ4v) is 6.79. The molecule has 340 valence electrons. The van der Waals surface area contributed by atoms with Crippen molar-refractivity contribution in [2.24, 2.45) is 23.7 Å². The summed E-state index contributed by atoms with van der Waals surface area (Å²) in [6.07, 6.45) is -9.56. The molecule has 0 spiro atoms. The second kappa shape index (κ2) is 19.7. The molecule has 6 N–H and O–H groups in total. The van der Waals surface area contributed by atoms with Crippen LogP contribution in [-0.4, -0.2) is 74.2 Å². The zero-order valence-corrected chi connectivity index (χ0v) is 34.3. The Labute approximate surface area is 366 Å². The standard InChI is InChI=1S/C22H19F3N4O3.C16H12F3N3O.C6H9NO3/c1-13-17(12-26-20(13)30)21(31)27-19-11-18(29(28-19)15-7-3-2-4-8-15)14-6-5-9-16(10-14)32-22(23,24)25;17-16(18,19)23-13-8-4-5-11(9-13)14-10-15(20)21-22(14)12-6-2-1-3-7-12;1-3-4(6(9)10)2-7-5(3)8/h2-11,13,17H,12H2,1H3,(H,26,30)(H,27,28,31);1-10H,(H2,20,21);3-4H,2H2,1H3,(H,7,8)(H,9,10)/t13-,17+;;3-,4+/m1.1/s1. The molecule has 3 amide bonds. The number of halogens is 6. The number of amides is 3. The van der Waals surface area contributed by atoms with Gasteiger partial charge < -0.3 is 36.3 Å². The van der Waals surface area contributed by atoms with E-state index >= 15 is 0 Å². The van der Waals surface area contributed by atoms with Crippen molar-refractivity contribution in [3.63, 3.8) is 0 Å². The molecule has 2 saturated heterocycles. The van der Waals surface area contributed by atoms with Gasteiger partial charge in [0.1, 0.15) is 17.3 Å². The predicted molar refractivity (Wildman–Crippen MR) is 223 cm³/mol. The molecular weight excluding hydrogens is 867 g/mol. The van der Waals surface area contributed by atoms with Crippen LogP contribution >= 0.6 is 0 Å². The van der Waals surface area contributed by atoms with E-state index in [0.717, 1.165) is 5.69 Å². The molecule has 65 heavy (non-hydrogen) atoms. The van der Waals surface area contributed by atoms with Crippen LogP contribution in [0.2, 0.25) is 0 Å². The van der Waals surface area contributed by atoms with E-state index in [0.29, 0.717) is 28.2 Å². The molecule has 0 radical (unpaired) electrons. The van der Waals surface area contributed by atoms with E-state index in [2.05, 4.69) is 35.6 Å². The predicted octanol–water partition coefficient (Wildman–Crippen LogP) is 7.23. The number of nitrogens with zero attached hydrogens (tertiary/aromatic N) is 4. The Morgan fingerprint density at radius 1 is 0.662 bits per heavy atom. The molecule has 15 nitrogen and oxygen atoms in total. The summed E-state index contributed by atoms with van der Waals surface area (Å²) in [5, 5.41) is 25.0. The van der Waals surface area contributed by atoms with Crippen LogP contribution in [0.1, 0.15) is 13.8 Å². The number of carboxylic acid groups (broad SMARTS) is 1. The lowest BCUT2D eigenvalue weighted by molar-refractivity contribution is -0.275. The minimum Gasteiger partial charge on any atom is -0.481 e. The molecule has 0 unspecified atom stereocenters. The number of hydrogen-bond donors (Lipinski definition) is 5. The number of rotatable bonds is 9. The van der Waals surface area contributed by atoms with Gasteiger partial charge >= 0.3 is 18.7 Å². The number of benzene rings is 4. The van der Waals surface area contributed by atoms with E-state index in [1.807, 2.05) is 36.4 Å². The minimum atomic E-state index is -4.82. The average Bonchev–Trinajstić information content (AvgIpc) is 4.03. The summed E-state index contributed by atoms with van der Waals surface area (Å²) in [6, 6.07) is 32.5. The van der Waals surface area contributed by atoms with Crippen molar-refractivity contribution in [1.82, 2.24) is 30.2 Å². The molecule has 6 aromatic rings. The van der Waals surface area contributed by atoms with Gasteiger partial charge in [-0.15, -0.1) is 31.4 Å². The van der Waals surface area contributed by atoms with Crippen LogP contribution in [0.4, 0.5) is 38.0 Å². The fraction of sp³-hybridized carbons (Fsp3) is 0.227. The molecular formula is C44H40F6N8O7. The Bertz CT molecular complexity index is 2640. The van der Waals surface area contributed by atoms with Crippen LogP contribution in [0.3, 0.4) is 0 Å². The van der Waals surface area contributed by atoms with Crippen LogP contribution < -0.4 is 31.2 Å². The van der Waals surface area contributed by atoms with Crippen molar-refractivity contribution < 1.29 is 60.1 Å². The normalized spacial score (nSPS) is 18.0. The van der Waals surface area contributed by atoms with Crippen LogP contribution in [0, 0.1) is 23.7 Å². The maximum atomic E-state index is 12.7. The molecule has 4 aromatic carbocycles. The van der Waals surface area contributed by atoms with Crippen molar-refractivity contribution in [1.29, 1.82) is 0 Å². The van der Waals surface area contributed by atoms with Crippen LogP contribution in [0.25, 0.3) is 33.9 Å². The number of aromatic nitrogens is 4. The van der Waals surface area contributed by atoms with E-state index < -0.39 is 36.4 Å². The van der Waals surface area contributed by atoms with Crippen LogP contribution in [-0.2, 0) is 19.2 Å². The number of carbonyl (C=O) groups excluding carboxylic acids is 3. The number of ether oxygens (including phenoxy) is 2. The molecule has 2 aromatic heterocycles. The van der Waals surface area contributed by atoms with Crippen LogP contribution in [0.5, 0.6) is 11.5 Å². The smallest absolute Gasteiger partial charge is 0.481 e. The van der Waals surface area contributed by atoms with Gasteiger partial charge in [0, 0.05) is 42.3 Å². The molecule has 8 rings (SSSR count). The Balaban J connectivity index is 0.000000184. The van der Waals surface area contributed by atoms with E-state index in [9.17, 15) is 45.5 Å². The average molecular weight is 907 g/mol. The van der Waals surface area contributed by atoms with Gasteiger partial charge in [0.2, 0.25) is 17.7 Å². The number of anilines is 2. The molecule has 4 atom stereocenters. The summed E-state index contributed by atoms with van der Waals surface area (Å²) >= 11 is 0. The molecule has 2 aliphatic rings. The summed E-state index contributed by atoms with van der Waals surface area (Å²) < 4.78 is 86.1. The maximum absolute atomic E-state index is 12.7. The summed E-state index contributed by atoms with van der Waals surface area (Å²) in [4.78, 5) is 45.5. The van der Waals surface area contributed by atoms with Gasteiger partial charge in [-0.25, -0.2) is 9.36 Å². The highest BCUT2D eigenvalue weighted by Gasteiger charge is 2.37. The number of nitrogen functional groups attached to an aromatic ring is 1. The lowest BCUT2D eigenvalue weighted by Crippen LogP contribution is -2.28. The Morgan fingerprint density at radius 2 is 1.11 bits per heavy atom. The molecule has 0 saturated carbocycles. The lowest BCUT2D eigenvalue weighted by atomic mass is 9.97. The quantitative estimate of drug-likeness (QED) is 0.0921. The second-order valence-electron chi connectivity index (χ2n) is 14.6. The first kappa shape index (κ1) is 46.7. The summed E-state index contributed by atoms with van der Waals surface area (Å²) in [6.45, 7) is 3.80. The number of hydrogen-bond acceptors (Lipinski definition) is 9. The molecule has 0 bridgehead atoms. The number of nitrogens with two attached hydrogens (primary N) is 1. The van der Waals surface area contributed by atoms with Crippen LogP contribution in [0.15, 0.2) is 121 Å². The fourth-order valence-electron chi connectivity index (χ4n) is 6.79. The highest BCUT2D eigenvalue weighted by molar-refractivity contribution is 5.98. The zero-order valence-electron chi connectivity index (χ0n) is 34.3. The molecule has 0 aliphatic carbocycles. The Morgan fingerprint density at radius 3 is 1.52 bits per heavy atom. The zero-order chi connectivity index (χ0) is 47.1. The number of carbonyl (C=O) groups is 4. The molecule has 4 heterocycles. The number of nitrogens with one attached hydrogen (secondary N) is 3. The van der Waals surface area contributed by atoms with Crippen molar-refractivity contribution >= 4 is 35.3 Å². The van der Waals surface area contributed by atoms with Gasteiger partial charge in [-0.1, -0.05) is 74.5 Å². The molecule has 21 heteroatoms. The number of carboxylic acids is 1. The summed E-state index contributed by atoms with van der Waals surface area (Å²) in [5.74, 6) is -3.73. The Kier molecular flexibility index (Phi) is 14.1. The van der Waals surface area contributed by atoms with Gasteiger partial charge in [-0.05, 0) is 48.5 Å². The molecule has 2 fully saturated rings. The number of para-hydroxylation sites is 2. The Hall–Kier alpha value is -7.84. The highest BCUT2D eigenvalue weighted by atomic mass is 19.4. The first-order valence-electron chi connectivity index (χ1n) is 19.6. The van der Waals surface area contributed by atoms with Crippen molar-refractivity contribution in [2.75, 3.05) is 24.1 Å². The van der Waals surface area contributed by atoms with Gasteiger partial charge in [0.05, 0.1) is 40.5 Å². The number of alkyl halides is 6. The third-order valence-corrected chi connectivity index (χ3v) is 10.1. The minimum absolute atomic E-state index is 0.160. The van der Waals surface area contributed by atoms with Gasteiger partial charge in [-0.2, -0.15) is 5.10 Å². The molecule has 2 aliphatic heterocycles. The first-order chi connectivity index (χ1) is 30.8. The van der Waals surface area contributed by atoms with Gasteiger partial charge in [-0.3, -0.25) is 19.2 Å². The SMILES string of the molecule is C[C@H]1C(=O)NC[C@@H]1C(=O)Nc1cc(-c2cccc(OC(F)(F)F)c2)n(-c2ccccc2)n1.C[C@H]1C(=O)NC[C@@H]1C(=O)O.Nc1cc(-c2cccc(OC(F)(F)F)c2)n(-c2ccccc2)n1. The summed E-state index contributed by atoms with van der Waals surface area (Å²) in [5.41, 5.74) is 9.10. The lowest BCUT2D eigenvalue weighted by Gasteiger charge is -2.11. The first-order valence-corrected chi connectivity index (χ1v) is 19.6. The van der Waals surface area contributed by atoms with Crippen molar-refractivity contribution in [3.8, 4) is 45.4 Å². The monoisotopic (exact) mass is 906 g/mol. The third-order valence-electron chi connectivity index (χ3n) is 10.1. The highest BCUT2D eigenvalue weighted by Crippen LogP contribution is 2.33. The van der Waals surface area contributed by atoms with Crippen molar-refractivity contribution in [2.45, 2.75) is 26.6 Å². The van der Waals surface area contributed by atoms with E-state index in [1.165, 1.54) is 41.1 Å². The van der Waals surface area contributed by atoms with E-state index in [-0.39, 0.29) is 59.9 Å². The largest absolute Gasteiger partial charge is 0.573 e.